The molecular weight excluding hydrogens is 605 g/mol. The van der Waals surface area contributed by atoms with Crippen LogP contribution < -0.4 is 9.80 Å². The predicted octanol–water partition coefficient (Wildman–Crippen LogP) is 12.7. The SMILES string of the molecule is CC1(C)c2cc(N(c3ccccc3)c3ccccc3)ccc2-c2cc3c(cc21)C1C=CC(N(c2ccccc2)c2ccccc2)=CC1C3(C)C. The number of anilines is 5. The Hall–Kier alpha value is -5.60. The van der Waals surface area contributed by atoms with Gasteiger partial charge in [0.2, 0.25) is 0 Å². The van der Waals surface area contributed by atoms with Gasteiger partial charge in [0, 0.05) is 45.5 Å². The minimum Gasteiger partial charge on any atom is -0.311 e. The van der Waals surface area contributed by atoms with Crippen LogP contribution in [0.1, 0.15) is 55.9 Å². The van der Waals surface area contributed by atoms with Crippen molar-refractivity contribution in [1.82, 2.24) is 0 Å². The molecule has 50 heavy (non-hydrogen) atoms. The topological polar surface area (TPSA) is 6.48 Å². The van der Waals surface area contributed by atoms with Gasteiger partial charge in [-0.2, -0.15) is 0 Å². The summed E-state index contributed by atoms with van der Waals surface area (Å²) in [5.41, 5.74) is 15.4. The molecule has 0 saturated heterocycles. The van der Waals surface area contributed by atoms with Crippen LogP contribution in [0, 0.1) is 5.92 Å². The zero-order valence-corrected chi connectivity index (χ0v) is 29.2. The Kier molecular flexibility index (Phi) is 7.00. The minimum atomic E-state index is -0.131. The van der Waals surface area contributed by atoms with E-state index in [2.05, 4.69) is 207 Å². The van der Waals surface area contributed by atoms with E-state index >= 15 is 0 Å². The summed E-state index contributed by atoms with van der Waals surface area (Å²) < 4.78 is 0. The number of nitrogens with zero attached hydrogens (tertiary/aromatic N) is 2. The van der Waals surface area contributed by atoms with E-state index < -0.39 is 0 Å². The van der Waals surface area contributed by atoms with Crippen molar-refractivity contribution in [1.29, 1.82) is 0 Å². The molecule has 0 aromatic heterocycles. The third-order valence-corrected chi connectivity index (χ3v) is 11.5. The molecule has 2 nitrogen and oxygen atoms in total. The van der Waals surface area contributed by atoms with Crippen molar-refractivity contribution in [2.45, 2.75) is 44.4 Å². The molecule has 0 saturated carbocycles. The molecule has 0 amide bonds. The molecule has 0 aliphatic heterocycles. The number of hydrogen-bond donors (Lipinski definition) is 0. The van der Waals surface area contributed by atoms with Crippen LogP contribution in [0.15, 0.2) is 176 Å². The fourth-order valence-corrected chi connectivity index (χ4v) is 8.91. The quantitative estimate of drug-likeness (QED) is 0.178. The van der Waals surface area contributed by atoms with Gasteiger partial charge in [0.1, 0.15) is 0 Å². The molecule has 3 aliphatic carbocycles. The first-order valence-corrected chi connectivity index (χ1v) is 17.9. The monoisotopic (exact) mass is 646 g/mol. The molecule has 2 unspecified atom stereocenters. The van der Waals surface area contributed by atoms with Gasteiger partial charge in [-0.3, -0.25) is 0 Å². The van der Waals surface area contributed by atoms with Crippen LogP contribution in [0.2, 0.25) is 0 Å². The molecule has 0 spiro atoms. The summed E-state index contributed by atoms with van der Waals surface area (Å²) in [6.45, 7) is 9.72. The number of fused-ring (bicyclic) bond motifs is 6. The lowest BCUT2D eigenvalue weighted by Crippen LogP contribution is -2.28. The van der Waals surface area contributed by atoms with Crippen molar-refractivity contribution in [3.63, 3.8) is 0 Å². The maximum atomic E-state index is 2.57. The van der Waals surface area contributed by atoms with Gasteiger partial charge < -0.3 is 9.80 Å². The van der Waals surface area contributed by atoms with Crippen LogP contribution in [-0.4, -0.2) is 0 Å². The molecule has 0 fully saturated rings. The zero-order chi connectivity index (χ0) is 34.0. The van der Waals surface area contributed by atoms with Gasteiger partial charge in [0.05, 0.1) is 0 Å². The standard InChI is InChI=1S/C48H42N2/c1-47(2)43-29-37(49(33-17-9-5-10-18-33)34-19-11-6-12-20-34)25-27-39(43)41-32-46-42(31-45(41)47)40-28-26-38(30-44(40)48(46,3)4)50(35-21-13-7-14-22-35)36-23-15-8-16-24-36/h5-32,39,43H,1-4H3. The Bertz CT molecular complexity index is 2190. The Morgan fingerprint density at radius 2 is 0.960 bits per heavy atom. The Labute approximate surface area is 296 Å². The lowest BCUT2D eigenvalue weighted by Gasteiger charge is -2.34. The molecular formula is C48H42N2. The van der Waals surface area contributed by atoms with Gasteiger partial charge in [-0.15, -0.1) is 0 Å². The second-order valence-corrected chi connectivity index (χ2v) is 15.1. The van der Waals surface area contributed by atoms with Gasteiger partial charge in [0.15, 0.2) is 0 Å². The summed E-state index contributed by atoms with van der Waals surface area (Å²) in [7, 11) is 0. The van der Waals surface area contributed by atoms with Gasteiger partial charge in [-0.05, 0) is 118 Å². The molecule has 2 heteroatoms. The molecule has 244 valence electrons. The molecule has 0 radical (unpaired) electrons. The van der Waals surface area contributed by atoms with E-state index in [1.165, 1.54) is 56.1 Å². The first kappa shape index (κ1) is 30.5. The zero-order valence-electron chi connectivity index (χ0n) is 29.2. The number of para-hydroxylation sites is 4. The molecule has 3 aliphatic rings. The Morgan fingerprint density at radius 1 is 0.460 bits per heavy atom. The van der Waals surface area contributed by atoms with Crippen LogP contribution in [0.4, 0.5) is 28.4 Å². The summed E-state index contributed by atoms with van der Waals surface area (Å²) in [6.07, 6.45) is 7.38. The smallest absolute Gasteiger partial charge is 0.0465 e. The summed E-state index contributed by atoms with van der Waals surface area (Å²) in [6, 6.07) is 55.2. The van der Waals surface area contributed by atoms with E-state index in [0.29, 0.717) is 11.8 Å². The van der Waals surface area contributed by atoms with E-state index in [0.717, 1.165) is 11.4 Å². The fraction of sp³-hybridized carbons (Fsp3) is 0.167. The normalized spacial score (nSPS) is 18.8. The van der Waals surface area contributed by atoms with Crippen molar-refractivity contribution in [3.05, 3.63) is 198 Å². The van der Waals surface area contributed by atoms with Crippen LogP contribution >= 0.6 is 0 Å². The average molecular weight is 647 g/mol. The van der Waals surface area contributed by atoms with E-state index in [1.807, 2.05) is 0 Å². The third kappa shape index (κ3) is 4.70. The predicted molar refractivity (Wildman–Crippen MR) is 210 cm³/mol. The maximum absolute atomic E-state index is 2.57. The van der Waals surface area contributed by atoms with Crippen LogP contribution in [0.3, 0.4) is 0 Å². The van der Waals surface area contributed by atoms with Crippen molar-refractivity contribution in [2.75, 3.05) is 9.80 Å². The van der Waals surface area contributed by atoms with Crippen molar-refractivity contribution >= 4 is 28.4 Å². The van der Waals surface area contributed by atoms with Gasteiger partial charge in [-0.1, -0.05) is 125 Å². The summed E-state index contributed by atoms with van der Waals surface area (Å²) in [4.78, 5) is 4.77. The largest absolute Gasteiger partial charge is 0.311 e. The molecule has 2 atom stereocenters. The highest BCUT2D eigenvalue weighted by Crippen LogP contribution is 2.59. The van der Waals surface area contributed by atoms with Crippen LogP contribution in [0.5, 0.6) is 0 Å². The third-order valence-electron chi connectivity index (χ3n) is 11.5. The van der Waals surface area contributed by atoms with Crippen LogP contribution in [-0.2, 0) is 10.8 Å². The highest BCUT2D eigenvalue weighted by atomic mass is 15.1. The molecule has 0 heterocycles. The molecule has 6 aromatic rings. The van der Waals surface area contributed by atoms with Crippen LogP contribution in [0.25, 0.3) is 11.1 Å². The van der Waals surface area contributed by atoms with Crippen molar-refractivity contribution in [3.8, 4) is 11.1 Å². The average Bonchev–Trinajstić information content (AvgIpc) is 3.51. The molecule has 0 N–H and O–H groups in total. The van der Waals surface area contributed by atoms with E-state index in [1.54, 1.807) is 0 Å². The van der Waals surface area contributed by atoms with E-state index in [4.69, 9.17) is 0 Å². The lowest BCUT2D eigenvalue weighted by molar-refractivity contribution is 0.392. The Morgan fingerprint density at radius 3 is 1.50 bits per heavy atom. The fourth-order valence-electron chi connectivity index (χ4n) is 8.91. The number of allylic oxidation sites excluding steroid dienone is 3. The van der Waals surface area contributed by atoms with Crippen molar-refractivity contribution < 1.29 is 0 Å². The van der Waals surface area contributed by atoms with Gasteiger partial charge >= 0.3 is 0 Å². The first-order chi connectivity index (χ1) is 24.3. The Balaban J connectivity index is 1.12. The highest BCUT2D eigenvalue weighted by molar-refractivity contribution is 5.87. The number of rotatable bonds is 6. The van der Waals surface area contributed by atoms with Crippen molar-refractivity contribution in [2.24, 2.45) is 5.92 Å². The number of hydrogen-bond acceptors (Lipinski definition) is 2. The minimum absolute atomic E-state index is 0.0334. The summed E-state index contributed by atoms with van der Waals surface area (Å²) >= 11 is 0. The van der Waals surface area contributed by atoms with Gasteiger partial charge in [0.25, 0.3) is 0 Å². The summed E-state index contributed by atoms with van der Waals surface area (Å²) in [5, 5.41) is 0. The van der Waals surface area contributed by atoms with E-state index in [9.17, 15) is 0 Å². The maximum Gasteiger partial charge on any atom is 0.0465 e. The molecule has 9 rings (SSSR count). The molecule has 6 aromatic carbocycles. The lowest BCUT2D eigenvalue weighted by atomic mass is 9.74. The second kappa shape index (κ2) is 11.5. The highest BCUT2D eigenvalue weighted by Gasteiger charge is 2.48. The number of benzene rings is 6. The van der Waals surface area contributed by atoms with Gasteiger partial charge in [-0.25, -0.2) is 0 Å². The molecule has 0 bridgehead atoms. The second-order valence-electron chi connectivity index (χ2n) is 15.1. The first-order valence-electron chi connectivity index (χ1n) is 17.9. The summed E-state index contributed by atoms with van der Waals surface area (Å²) in [5.74, 6) is 0.689. The van der Waals surface area contributed by atoms with E-state index in [-0.39, 0.29) is 10.8 Å².